The highest BCUT2D eigenvalue weighted by molar-refractivity contribution is 6.30. The molecule has 1 aromatic carbocycles. The van der Waals surface area contributed by atoms with Crippen LogP contribution in [0.15, 0.2) is 42.6 Å². The summed E-state index contributed by atoms with van der Waals surface area (Å²) < 4.78 is 40.3. The summed E-state index contributed by atoms with van der Waals surface area (Å²) in [7, 11) is 0. The van der Waals surface area contributed by atoms with Crippen molar-refractivity contribution in [3.63, 3.8) is 0 Å². The van der Waals surface area contributed by atoms with Crippen LogP contribution in [-0.4, -0.2) is 30.8 Å². The lowest BCUT2D eigenvalue weighted by atomic mass is 10.1. The lowest BCUT2D eigenvalue weighted by molar-refractivity contribution is -0.141. The van der Waals surface area contributed by atoms with Gasteiger partial charge in [0.15, 0.2) is 11.4 Å². The van der Waals surface area contributed by atoms with E-state index in [9.17, 15) is 18.0 Å². The number of aromatic carboxylic acids is 1. The number of hydrogen-bond donors (Lipinski definition) is 1. The zero-order chi connectivity index (χ0) is 18.2. The molecule has 0 amide bonds. The molecule has 3 rings (SSSR count). The molecular weight excluding hydrogens is 361 g/mol. The fourth-order valence-electron chi connectivity index (χ4n) is 2.00. The van der Waals surface area contributed by atoms with Crippen LogP contribution in [0.5, 0.6) is 0 Å². The summed E-state index contributed by atoms with van der Waals surface area (Å²) in [5.41, 5.74) is -1.12. The van der Waals surface area contributed by atoms with Crippen molar-refractivity contribution in [3.05, 3.63) is 59.0 Å². The van der Waals surface area contributed by atoms with Crippen LogP contribution in [0.25, 0.3) is 17.2 Å². The van der Waals surface area contributed by atoms with Crippen LogP contribution < -0.4 is 0 Å². The highest BCUT2D eigenvalue weighted by Crippen LogP contribution is 2.31. The van der Waals surface area contributed by atoms with Gasteiger partial charge in [0.25, 0.3) is 5.95 Å². The van der Waals surface area contributed by atoms with E-state index in [4.69, 9.17) is 16.7 Å². The third kappa shape index (κ3) is 3.61. The van der Waals surface area contributed by atoms with Gasteiger partial charge in [0.1, 0.15) is 0 Å². The summed E-state index contributed by atoms with van der Waals surface area (Å²) >= 11 is 5.78. The highest BCUT2D eigenvalue weighted by atomic mass is 35.5. The Morgan fingerprint density at radius 2 is 1.80 bits per heavy atom. The SMILES string of the molecule is O=C(O)c1ccn(-c2nc(-c3ccc(Cl)cc3)cc(C(F)(F)F)n2)n1. The van der Waals surface area contributed by atoms with Crippen LogP contribution in [0.1, 0.15) is 16.2 Å². The second-order valence-corrected chi connectivity index (χ2v) is 5.33. The van der Waals surface area contributed by atoms with Crippen LogP contribution >= 0.6 is 11.6 Å². The van der Waals surface area contributed by atoms with Crippen molar-refractivity contribution in [1.29, 1.82) is 0 Å². The molecule has 0 unspecified atom stereocenters. The number of benzene rings is 1. The van der Waals surface area contributed by atoms with Gasteiger partial charge in [-0.1, -0.05) is 23.7 Å². The maximum atomic E-state index is 13.1. The molecule has 0 saturated carbocycles. The van der Waals surface area contributed by atoms with E-state index < -0.39 is 23.8 Å². The number of halogens is 4. The van der Waals surface area contributed by atoms with E-state index >= 15 is 0 Å². The maximum Gasteiger partial charge on any atom is 0.433 e. The minimum Gasteiger partial charge on any atom is -0.476 e. The molecule has 0 atom stereocenters. The van der Waals surface area contributed by atoms with Crippen molar-refractivity contribution in [3.8, 4) is 17.2 Å². The first-order valence-electron chi connectivity index (χ1n) is 6.75. The molecule has 2 heterocycles. The topological polar surface area (TPSA) is 80.9 Å². The first kappa shape index (κ1) is 16.9. The average molecular weight is 369 g/mol. The minimum atomic E-state index is -4.71. The first-order chi connectivity index (χ1) is 11.7. The van der Waals surface area contributed by atoms with Gasteiger partial charge in [0, 0.05) is 16.8 Å². The summed E-state index contributed by atoms with van der Waals surface area (Å²) in [6.07, 6.45) is -3.54. The van der Waals surface area contributed by atoms with Crippen molar-refractivity contribution >= 4 is 17.6 Å². The van der Waals surface area contributed by atoms with Crippen molar-refractivity contribution in [2.24, 2.45) is 0 Å². The van der Waals surface area contributed by atoms with Crippen molar-refractivity contribution in [2.75, 3.05) is 0 Å². The van der Waals surface area contributed by atoms with E-state index in [2.05, 4.69) is 15.1 Å². The number of carbonyl (C=O) groups is 1. The van der Waals surface area contributed by atoms with Gasteiger partial charge in [0.05, 0.1) is 5.69 Å². The minimum absolute atomic E-state index is 0.00127. The summed E-state index contributed by atoms with van der Waals surface area (Å²) in [5.74, 6) is -1.71. The molecule has 0 aliphatic carbocycles. The molecule has 0 aliphatic rings. The molecule has 3 aromatic rings. The number of carboxylic acid groups (broad SMARTS) is 1. The smallest absolute Gasteiger partial charge is 0.433 e. The fourth-order valence-corrected chi connectivity index (χ4v) is 2.13. The van der Waals surface area contributed by atoms with Crippen molar-refractivity contribution < 1.29 is 23.1 Å². The van der Waals surface area contributed by atoms with Crippen molar-refractivity contribution in [2.45, 2.75) is 6.18 Å². The number of aromatic nitrogens is 4. The zero-order valence-electron chi connectivity index (χ0n) is 12.2. The van der Waals surface area contributed by atoms with Crippen LogP contribution in [0.4, 0.5) is 13.2 Å². The predicted molar refractivity (Wildman–Crippen MR) is 81.6 cm³/mol. The summed E-state index contributed by atoms with van der Waals surface area (Å²) in [5, 5.41) is 13.0. The molecule has 0 aliphatic heterocycles. The molecule has 1 N–H and O–H groups in total. The predicted octanol–water partition coefficient (Wildman–Crippen LogP) is 3.70. The van der Waals surface area contributed by atoms with Crippen LogP contribution in [0.2, 0.25) is 5.02 Å². The molecule has 6 nitrogen and oxygen atoms in total. The Balaban J connectivity index is 2.15. The molecule has 0 spiro atoms. The number of hydrogen-bond acceptors (Lipinski definition) is 4. The highest BCUT2D eigenvalue weighted by Gasteiger charge is 2.34. The van der Waals surface area contributed by atoms with Crippen molar-refractivity contribution in [1.82, 2.24) is 19.7 Å². The first-order valence-corrected chi connectivity index (χ1v) is 7.13. The lowest BCUT2D eigenvalue weighted by Gasteiger charge is -2.10. The third-order valence-electron chi connectivity index (χ3n) is 3.16. The van der Waals surface area contributed by atoms with E-state index in [0.29, 0.717) is 10.6 Å². The third-order valence-corrected chi connectivity index (χ3v) is 3.41. The normalized spacial score (nSPS) is 11.5. The summed E-state index contributed by atoms with van der Waals surface area (Å²) in [4.78, 5) is 18.4. The maximum absolute atomic E-state index is 13.1. The van der Waals surface area contributed by atoms with Gasteiger partial charge >= 0.3 is 12.1 Å². The van der Waals surface area contributed by atoms with E-state index in [0.717, 1.165) is 16.8 Å². The van der Waals surface area contributed by atoms with Gasteiger partial charge in [-0.25, -0.2) is 19.4 Å². The van der Waals surface area contributed by atoms with Crippen LogP contribution in [0, 0.1) is 0 Å². The van der Waals surface area contributed by atoms with E-state index in [1.54, 1.807) is 0 Å². The molecule has 2 aromatic heterocycles. The fraction of sp³-hybridized carbons (Fsp3) is 0.0667. The Morgan fingerprint density at radius 1 is 1.12 bits per heavy atom. The zero-order valence-corrected chi connectivity index (χ0v) is 13.0. The Hall–Kier alpha value is -2.94. The molecule has 25 heavy (non-hydrogen) atoms. The second-order valence-electron chi connectivity index (χ2n) is 4.89. The van der Waals surface area contributed by atoms with Crippen LogP contribution in [0.3, 0.4) is 0 Å². The van der Waals surface area contributed by atoms with Gasteiger partial charge < -0.3 is 5.11 Å². The number of carboxylic acids is 1. The van der Waals surface area contributed by atoms with Gasteiger partial charge in [-0.15, -0.1) is 0 Å². The van der Waals surface area contributed by atoms with Gasteiger partial charge in [-0.05, 0) is 24.3 Å². The molecule has 128 valence electrons. The molecule has 0 saturated heterocycles. The van der Waals surface area contributed by atoms with Gasteiger partial charge in [-0.3, -0.25) is 0 Å². The molecule has 0 fully saturated rings. The largest absolute Gasteiger partial charge is 0.476 e. The quantitative estimate of drug-likeness (QED) is 0.762. The number of rotatable bonds is 3. The van der Waals surface area contributed by atoms with Gasteiger partial charge in [0.2, 0.25) is 0 Å². The van der Waals surface area contributed by atoms with E-state index in [1.165, 1.54) is 30.5 Å². The molecule has 0 bridgehead atoms. The lowest BCUT2D eigenvalue weighted by Crippen LogP contribution is -2.13. The second kappa shape index (κ2) is 6.17. The van der Waals surface area contributed by atoms with E-state index in [1.807, 2.05) is 0 Å². The molecule has 0 radical (unpaired) electrons. The Kier molecular flexibility index (Phi) is 4.17. The summed E-state index contributed by atoms with van der Waals surface area (Å²) in [6, 6.07) is 7.99. The van der Waals surface area contributed by atoms with E-state index in [-0.39, 0.29) is 11.4 Å². The average Bonchev–Trinajstić information content (AvgIpc) is 3.04. The number of nitrogens with zero attached hydrogens (tertiary/aromatic N) is 4. The number of alkyl halides is 3. The monoisotopic (exact) mass is 368 g/mol. The summed E-state index contributed by atoms with van der Waals surface area (Å²) in [6.45, 7) is 0. The standard InChI is InChI=1S/C15H8ClF3N4O2/c16-9-3-1-8(2-4-9)11-7-12(15(17,18)19)21-14(20-11)23-6-5-10(22-23)13(24)25/h1-7H,(H,24,25). The Morgan fingerprint density at radius 3 is 2.36 bits per heavy atom. The Bertz CT molecular complexity index is 939. The Labute approximate surface area is 143 Å². The molecule has 10 heteroatoms. The molecular formula is C15H8ClF3N4O2. The van der Waals surface area contributed by atoms with Crippen LogP contribution in [-0.2, 0) is 6.18 Å². The van der Waals surface area contributed by atoms with Gasteiger partial charge in [-0.2, -0.15) is 18.3 Å².